The first-order chi connectivity index (χ1) is 28.8. The van der Waals surface area contributed by atoms with E-state index in [2.05, 4.69) is 55.7 Å². The SMILES string of the molecule is [C-]#[N+]c1ccc(N2CC3(CCN(c4ccc(C(=O)N5CCN(C6CCN(c7ccc8c(c7)C(=O)N(C7CCC(=O)NC7=O)C8=O)CC6)CC5)cc4)CC3)CC2(C)C)cc1Cl. The van der Waals surface area contributed by atoms with Gasteiger partial charge in [0.15, 0.2) is 0 Å². The van der Waals surface area contributed by atoms with Gasteiger partial charge in [0.05, 0.1) is 17.7 Å². The van der Waals surface area contributed by atoms with Gasteiger partial charge in [-0.3, -0.25) is 39.1 Å². The van der Waals surface area contributed by atoms with Crippen molar-refractivity contribution < 1.29 is 24.0 Å². The maximum atomic E-state index is 13.6. The minimum absolute atomic E-state index is 0.0127. The number of hydrogen-bond acceptors (Lipinski definition) is 9. The topological polar surface area (TPSA) is 121 Å². The van der Waals surface area contributed by atoms with Crippen molar-refractivity contribution in [1.82, 2.24) is 20.0 Å². The predicted octanol–water partition coefficient (Wildman–Crippen LogP) is 5.99. The number of anilines is 3. The predicted molar refractivity (Wildman–Crippen MR) is 230 cm³/mol. The molecular weight excluding hydrogens is 780 g/mol. The van der Waals surface area contributed by atoms with E-state index in [0.29, 0.717) is 35.4 Å². The Bertz CT molecular complexity index is 2280. The van der Waals surface area contributed by atoms with Crippen molar-refractivity contribution in [3.63, 3.8) is 0 Å². The van der Waals surface area contributed by atoms with Crippen molar-refractivity contribution in [2.24, 2.45) is 5.41 Å². The molecule has 3 aromatic rings. The maximum Gasteiger partial charge on any atom is 0.262 e. The molecule has 312 valence electrons. The Morgan fingerprint density at radius 1 is 0.767 bits per heavy atom. The molecule has 1 unspecified atom stereocenters. The van der Waals surface area contributed by atoms with Gasteiger partial charge in [-0.25, -0.2) is 4.85 Å². The first kappa shape index (κ1) is 40.0. The summed E-state index contributed by atoms with van der Waals surface area (Å²) in [7, 11) is 0. The molecule has 9 rings (SSSR count). The molecule has 13 nitrogen and oxygen atoms in total. The Kier molecular flexibility index (Phi) is 10.4. The summed E-state index contributed by atoms with van der Waals surface area (Å²) < 4.78 is 0. The van der Waals surface area contributed by atoms with Crippen LogP contribution in [0.1, 0.15) is 89.9 Å². The molecule has 0 aliphatic carbocycles. The lowest BCUT2D eigenvalue weighted by atomic mass is 9.74. The highest BCUT2D eigenvalue weighted by Gasteiger charge is 2.50. The summed E-state index contributed by atoms with van der Waals surface area (Å²) in [5, 5.41) is 2.75. The quantitative estimate of drug-likeness (QED) is 0.236. The first-order valence-corrected chi connectivity index (χ1v) is 21.6. The lowest BCUT2D eigenvalue weighted by Crippen LogP contribution is -2.54. The highest BCUT2D eigenvalue weighted by molar-refractivity contribution is 6.33. The van der Waals surface area contributed by atoms with Gasteiger partial charge in [0.1, 0.15) is 6.04 Å². The van der Waals surface area contributed by atoms with Gasteiger partial charge in [-0.2, -0.15) is 0 Å². The number of imide groups is 2. The zero-order valence-electron chi connectivity index (χ0n) is 34.3. The molecule has 1 N–H and O–H groups in total. The number of piperazine rings is 1. The molecule has 5 amide bonds. The molecule has 6 aliphatic rings. The smallest absolute Gasteiger partial charge is 0.262 e. The first-order valence-electron chi connectivity index (χ1n) is 21.3. The molecule has 3 aromatic carbocycles. The summed E-state index contributed by atoms with van der Waals surface area (Å²) >= 11 is 6.43. The number of nitrogens with one attached hydrogen (secondary N) is 1. The van der Waals surface area contributed by atoms with Crippen LogP contribution in [0.5, 0.6) is 0 Å². The monoisotopic (exact) mass is 830 g/mol. The Morgan fingerprint density at radius 3 is 2.08 bits per heavy atom. The second-order valence-electron chi connectivity index (χ2n) is 18.1. The largest absolute Gasteiger partial charge is 0.371 e. The van der Waals surface area contributed by atoms with Crippen molar-refractivity contribution >= 4 is 63.9 Å². The second-order valence-corrected chi connectivity index (χ2v) is 18.5. The fourth-order valence-electron chi connectivity index (χ4n) is 10.8. The van der Waals surface area contributed by atoms with Crippen LogP contribution in [0, 0.1) is 12.0 Å². The van der Waals surface area contributed by atoms with E-state index in [9.17, 15) is 24.0 Å². The van der Waals surface area contributed by atoms with Gasteiger partial charge < -0.3 is 19.6 Å². The number of fused-ring (bicyclic) bond motifs is 1. The van der Waals surface area contributed by atoms with Crippen LogP contribution in [0.25, 0.3) is 4.85 Å². The summed E-state index contributed by atoms with van der Waals surface area (Å²) in [5.41, 5.74) is 5.12. The van der Waals surface area contributed by atoms with Crippen LogP contribution in [0.3, 0.4) is 0 Å². The van der Waals surface area contributed by atoms with E-state index in [1.165, 1.54) is 0 Å². The average molecular weight is 831 g/mol. The lowest BCUT2D eigenvalue weighted by molar-refractivity contribution is -0.136. The molecule has 0 bridgehead atoms. The Morgan fingerprint density at radius 2 is 1.42 bits per heavy atom. The van der Waals surface area contributed by atoms with E-state index in [1.54, 1.807) is 12.1 Å². The van der Waals surface area contributed by atoms with E-state index in [0.717, 1.165) is 105 Å². The average Bonchev–Trinajstić information content (AvgIpc) is 3.67. The molecule has 1 spiro atoms. The van der Waals surface area contributed by atoms with Gasteiger partial charge in [0, 0.05) is 105 Å². The second kappa shape index (κ2) is 15.5. The van der Waals surface area contributed by atoms with Crippen LogP contribution in [0.15, 0.2) is 60.7 Å². The summed E-state index contributed by atoms with van der Waals surface area (Å²) in [5.74, 6) is -1.91. The van der Waals surface area contributed by atoms with Gasteiger partial charge in [-0.05, 0) is 112 Å². The number of hydrogen-bond donors (Lipinski definition) is 1. The number of halogens is 1. The number of rotatable bonds is 6. The summed E-state index contributed by atoms with van der Waals surface area (Å²) in [6, 6.07) is 18.7. The summed E-state index contributed by atoms with van der Waals surface area (Å²) in [4.78, 5) is 80.5. The molecule has 0 aromatic heterocycles. The molecular formula is C46H51ClN8O5. The molecule has 6 aliphatic heterocycles. The van der Waals surface area contributed by atoms with E-state index in [4.69, 9.17) is 18.2 Å². The van der Waals surface area contributed by atoms with Crippen molar-refractivity contribution in [3.05, 3.63) is 93.8 Å². The zero-order chi connectivity index (χ0) is 41.9. The zero-order valence-corrected chi connectivity index (χ0v) is 35.0. The van der Waals surface area contributed by atoms with E-state index >= 15 is 0 Å². The van der Waals surface area contributed by atoms with Crippen LogP contribution in [0.2, 0.25) is 5.02 Å². The van der Waals surface area contributed by atoms with Crippen molar-refractivity contribution in [1.29, 1.82) is 0 Å². The summed E-state index contributed by atoms with van der Waals surface area (Å²) in [6.07, 6.45) is 5.40. The third-order valence-electron chi connectivity index (χ3n) is 14.1. The molecule has 5 saturated heterocycles. The van der Waals surface area contributed by atoms with E-state index in [1.807, 2.05) is 41.3 Å². The molecule has 60 heavy (non-hydrogen) atoms. The number of carbonyl (C=O) groups is 5. The fourth-order valence-corrected chi connectivity index (χ4v) is 11.0. The van der Waals surface area contributed by atoms with Crippen molar-refractivity contribution in [2.45, 2.75) is 76.4 Å². The highest BCUT2D eigenvalue weighted by Crippen LogP contribution is 2.50. The number of benzene rings is 3. The van der Waals surface area contributed by atoms with Crippen LogP contribution < -0.4 is 20.0 Å². The number of piperidine rings is 3. The maximum absolute atomic E-state index is 13.6. The fraction of sp³-hybridized carbons (Fsp3) is 0.478. The highest BCUT2D eigenvalue weighted by atomic mass is 35.5. The minimum Gasteiger partial charge on any atom is -0.371 e. The van der Waals surface area contributed by atoms with Crippen LogP contribution >= 0.6 is 11.6 Å². The van der Waals surface area contributed by atoms with Gasteiger partial charge in [0.25, 0.3) is 17.7 Å². The number of amides is 5. The number of nitrogens with zero attached hydrogens (tertiary/aromatic N) is 7. The Hall–Kier alpha value is -5.45. The Balaban J connectivity index is 0.741. The molecule has 0 saturated carbocycles. The lowest BCUT2D eigenvalue weighted by Gasteiger charge is -2.43. The Labute approximate surface area is 356 Å². The standard InChI is InChI=1S/C46H51ClN8O5/c1-45(2)28-46(29-54(45)34-9-11-38(48-3)37(47)27-34)16-20-51(21-17-46)31-6-4-30(5-7-31)42(58)53-24-22-52(23-25-53)32-14-18-50(19-15-32)33-8-10-35-36(26-33)44(60)55(43(35)59)39-12-13-40(56)49-41(39)57/h4-11,26-27,32,39H,12-25,28-29H2,1-2H3,(H,49,56,57). The van der Waals surface area contributed by atoms with Gasteiger partial charge >= 0.3 is 0 Å². The van der Waals surface area contributed by atoms with Crippen molar-refractivity contribution in [2.75, 3.05) is 73.6 Å². The molecule has 0 radical (unpaired) electrons. The molecule has 5 fully saturated rings. The number of carbonyl (C=O) groups excluding carboxylic acids is 5. The third kappa shape index (κ3) is 7.27. The summed E-state index contributed by atoms with van der Waals surface area (Å²) in [6.45, 7) is 19.5. The third-order valence-corrected chi connectivity index (χ3v) is 14.4. The van der Waals surface area contributed by atoms with Crippen LogP contribution in [0.4, 0.5) is 22.7 Å². The van der Waals surface area contributed by atoms with E-state index in [-0.39, 0.29) is 35.3 Å². The molecule has 14 heteroatoms. The van der Waals surface area contributed by atoms with Crippen LogP contribution in [-0.2, 0) is 9.59 Å². The van der Waals surface area contributed by atoms with Crippen LogP contribution in [-0.4, -0.2) is 121 Å². The minimum atomic E-state index is -0.979. The van der Waals surface area contributed by atoms with Gasteiger partial charge in [0.2, 0.25) is 17.5 Å². The van der Waals surface area contributed by atoms with Gasteiger partial charge in [-0.1, -0.05) is 17.7 Å². The van der Waals surface area contributed by atoms with Crippen molar-refractivity contribution in [3.8, 4) is 0 Å². The normalized spacial score (nSPS) is 23.3. The van der Waals surface area contributed by atoms with Gasteiger partial charge in [-0.15, -0.1) is 0 Å². The van der Waals surface area contributed by atoms with E-state index < -0.39 is 29.7 Å². The molecule has 6 heterocycles. The molecule has 1 atom stereocenters.